The first-order valence-corrected chi connectivity index (χ1v) is 21.7. The van der Waals surface area contributed by atoms with Crippen LogP contribution in [0.3, 0.4) is 0 Å². The standard InChI is InChI=1S/C48H52N8O8/c1-25(2)40(53-47(59)60)46(58)56-26(3)11-16-37(56)44-50-35-15-13-29-19-34-32-14-12-30(18-31(32)24-64-39(34)20-33(29)42(35)52-44)36-21-49-43(51-36)38-17-27(23-62-4)22-55(38)45(57)41(54-48(61)63-5)28-9-7-6-8-10-28/h6-10,12-15,18-21,25-27,37-38,40-41,53H,11,16-17,22-24H2,1-5H3,(H,49,51)(H,50,52)(H,54,61)(H,59,60)/t26-,27-,37-,38-,40-,41-/m0/s1. The molecule has 4 aromatic carbocycles. The number of benzene rings is 4. The first-order chi connectivity index (χ1) is 30.9. The molecule has 2 saturated heterocycles. The second kappa shape index (κ2) is 17.3. The summed E-state index contributed by atoms with van der Waals surface area (Å²) in [7, 11) is 2.92. The van der Waals surface area contributed by atoms with Crippen LogP contribution in [0.5, 0.6) is 5.75 Å². The summed E-state index contributed by atoms with van der Waals surface area (Å²) in [5.41, 5.74) is 7.00. The number of amides is 4. The van der Waals surface area contributed by atoms with Crippen LogP contribution in [0.4, 0.5) is 9.59 Å². The SMILES string of the molecule is COC[C@H]1C[C@@H](c2ncc(-c3ccc4c(c3)COc3cc5c(ccc6[nH]c([C@@H]7CC[C@H](C)N7C(=O)[C@@H](NC(=O)O)C(C)C)nc65)cc3-4)[nH]2)N(C(=O)[C@@H](NC(=O)OC)c2ccccc2)C1. The summed E-state index contributed by atoms with van der Waals surface area (Å²) < 4.78 is 16.8. The predicted molar refractivity (Wildman–Crippen MR) is 238 cm³/mol. The van der Waals surface area contributed by atoms with Crippen LogP contribution in [0.25, 0.3) is 44.2 Å². The number of carbonyl (C=O) groups is 4. The Morgan fingerprint density at radius 2 is 1.73 bits per heavy atom. The van der Waals surface area contributed by atoms with Gasteiger partial charge in [-0.05, 0) is 84.0 Å². The van der Waals surface area contributed by atoms with Crippen LogP contribution in [-0.2, 0) is 25.7 Å². The minimum Gasteiger partial charge on any atom is -0.488 e. The number of methoxy groups -OCH3 is 2. The summed E-state index contributed by atoms with van der Waals surface area (Å²) in [6.07, 6.45) is 1.98. The molecule has 16 nitrogen and oxygen atoms in total. The molecule has 0 radical (unpaired) electrons. The number of hydrogen-bond acceptors (Lipinski definition) is 9. The average Bonchev–Trinajstić information content (AvgIpc) is 4.12. The molecule has 0 unspecified atom stereocenters. The summed E-state index contributed by atoms with van der Waals surface area (Å²) in [4.78, 5) is 72.6. The van der Waals surface area contributed by atoms with Gasteiger partial charge in [0.1, 0.15) is 36.1 Å². The quantitative estimate of drug-likeness (QED) is 0.0861. The van der Waals surface area contributed by atoms with Gasteiger partial charge in [-0.25, -0.2) is 19.6 Å². The van der Waals surface area contributed by atoms with E-state index in [1.807, 2.05) is 51.1 Å². The van der Waals surface area contributed by atoms with Gasteiger partial charge in [-0.2, -0.15) is 0 Å². The van der Waals surface area contributed by atoms with Crippen LogP contribution in [0.1, 0.15) is 80.9 Å². The Kier molecular flexibility index (Phi) is 11.5. The number of nitrogens with zero attached hydrogens (tertiary/aromatic N) is 4. The van der Waals surface area contributed by atoms with Gasteiger partial charge in [-0.15, -0.1) is 0 Å². The summed E-state index contributed by atoms with van der Waals surface area (Å²) >= 11 is 0. The van der Waals surface area contributed by atoms with Crippen molar-refractivity contribution in [1.29, 1.82) is 0 Å². The van der Waals surface area contributed by atoms with E-state index in [-0.39, 0.29) is 41.8 Å². The second-order valence-corrected chi connectivity index (χ2v) is 17.4. The Morgan fingerprint density at radius 1 is 0.922 bits per heavy atom. The highest BCUT2D eigenvalue weighted by Crippen LogP contribution is 2.44. The van der Waals surface area contributed by atoms with Gasteiger partial charge < -0.3 is 49.7 Å². The Labute approximate surface area is 369 Å². The largest absolute Gasteiger partial charge is 0.488 e. The number of ether oxygens (including phenoxy) is 3. The number of aromatic nitrogens is 4. The molecule has 5 heterocycles. The van der Waals surface area contributed by atoms with Crippen LogP contribution in [0.15, 0.2) is 79.0 Å². The molecular weight excluding hydrogens is 817 g/mol. The molecule has 3 aliphatic heterocycles. The third-order valence-electron chi connectivity index (χ3n) is 12.9. The minimum absolute atomic E-state index is 0.0646. The van der Waals surface area contributed by atoms with Crippen LogP contribution in [0.2, 0.25) is 0 Å². The average molecular weight is 869 g/mol. The molecule has 0 bridgehead atoms. The van der Waals surface area contributed by atoms with Crippen molar-refractivity contribution in [3.05, 3.63) is 102 Å². The fourth-order valence-electron chi connectivity index (χ4n) is 9.77. The second-order valence-electron chi connectivity index (χ2n) is 17.4. The van der Waals surface area contributed by atoms with Crippen molar-refractivity contribution in [2.45, 2.75) is 76.8 Å². The molecule has 0 aliphatic carbocycles. The van der Waals surface area contributed by atoms with Gasteiger partial charge in [-0.3, -0.25) is 9.59 Å². The fourth-order valence-corrected chi connectivity index (χ4v) is 9.77. The van der Waals surface area contributed by atoms with Crippen molar-refractivity contribution in [1.82, 2.24) is 40.4 Å². The van der Waals surface area contributed by atoms with Crippen molar-refractivity contribution in [3.63, 3.8) is 0 Å². The molecule has 4 amide bonds. The van der Waals surface area contributed by atoms with E-state index in [1.165, 1.54) is 7.11 Å². The first-order valence-electron chi connectivity index (χ1n) is 21.7. The number of H-pyrrole nitrogens is 2. The number of likely N-dealkylation sites (tertiary alicyclic amines) is 2. The van der Waals surface area contributed by atoms with E-state index in [2.05, 4.69) is 50.9 Å². The Hall–Kier alpha value is -6.94. The molecule has 5 N–H and O–H groups in total. The number of carbonyl (C=O) groups excluding carboxylic acids is 3. The highest BCUT2D eigenvalue weighted by molar-refractivity contribution is 6.07. The first kappa shape index (κ1) is 42.4. The molecule has 332 valence electrons. The van der Waals surface area contributed by atoms with Gasteiger partial charge in [-0.1, -0.05) is 62.4 Å². The molecule has 64 heavy (non-hydrogen) atoms. The number of carboxylic acid groups (broad SMARTS) is 1. The molecule has 6 atom stereocenters. The molecular formula is C48H52N8O8. The van der Waals surface area contributed by atoms with Crippen molar-refractivity contribution < 1.29 is 38.5 Å². The van der Waals surface area contributed by atoms with E-state index in [0.717, 1.165) is 61.9 Å². The maximum Gasteiger partial charge on any atom is 0.407 e. The maximum absolute atomic E-state index is 14.3. The summed E-state index contributed by atoms with van der Waals surface area (Å²) in [6.45, 7) is 6.92. The zero-order valence-corrected chi connectivity index (χ0v) is 36.4. The molecule has 16 heteroatoms. The van der Waals surface area contributed by atoms with E-state index in [1.54, 1.807) is 35.2 Å². The molecule has 2 aromatic heterocycles. The van der Waals surface area contributed by atoms with Gasteiger partial charge in [0, 0.05) is 36.6 Å². The number of rotatable bonds is 11. The lowest BCUT2D eigenvalue weighted by Crippen LogP contribution is -2.52. The number of nitrogens with one attached hydrogen (secondary N) is 4. The zero-order valence-electron chi connectivity index (χ0n) is 36.4. The van der Waals surface area contributed by atoms with E-state index in [4.69, 9.17) is 24.2 Å². The van der Waals surface area contributed by atoms with Crippen LogP contribution < -0.4 is 15.4 Å². The van der Waals surface area contributed by atoms with Gasteiger partial charge in [0.25, 0.3) is 5.91 Å². The number of alkyl carbamates (subject to hydrolysis) is 1. The predicted octanol–water partition coefficient (Wildman–Crippen LogP) is 7.64. The number of hydrogen-bond donors (Lipinski definition) is 5. The smallest absolute Gasteiger partial charge is 0.407 e. The van der Waals surface area contributed by atoms with Crippen LogP contribution in [-0.4, -0.2) is 98.3 Å². The fraction of sp³-hybridized carbons (Fsp3) is 0.375. The van der Waals surface area contributed by atoms with Crippen LogP contribution in [0, 0.1) is 11.8 Å². The van der Waals surface area contributed by atoms with Crippen LogP contribution >= 0.6 is 0 Å². The normalized spacial score (nSPS) is 20.2. The number of aromatic amines is 2. The third-order valence-corrected chi connectivity index (χ3v) is 12.9. The molecule has 9 rings (SSSR count). The third kappa shape index (κ3) is 7.86. The summed E-state index contributed by atoms with van der Waals surface area (Å²) in [5, 5.41) is 16.5. The van der Waals surface area contributed by atoms with Crippen molar-refractivity contribution in [2.75, 3.05) is 27.4 Å². The van der Waals surface area contributed by atoms with Gasteiger partial charge >= 0.3 is 12.2 Å². The molecule has 0 saturated carbocycles. The molecule has 6 aromatic rings. The van der Waals surface area contributed by atoms with Crippen molar-refractivity contribution in [3.8, 4) is 28.1 Å². The Bertz CT molecular complexity index is 2750. The summed E-state index contributed by atoms with van der Waals surface area (Å²) in [5.74, 6) is 1.38. The lowest BCUT2D eigenvalue weighted by molar-refractivity contribution is -0.137. The van der Waals surface area contributed by atoms with Gasteiger partial charge in [0.05, 0.1) is 48.7 Å². The molecule has 3 aliphatic rings. The highest BCUT2D eigenvalue weighted by atomic mass is 16.5. The van der Waals surface area contributed by atoms with Crippen molar-refractivity contribution in [2.24, 2.45) is 11.8 Å². The number of fused-ring (bicyclic) bond motifs is 6. The Morgan fingerprint density at radius 3 is 2.48 bits per heavy atom. The monoisotopic (exact) mass is 868 g/mol. The lowest BCUT2D eigenvalue weighted by atomic mass is 9.92. The number of imidazole rings is 2. The Balaban J connectivity index is 0.978. The van der Waals surface area contributed by atoms with E-state index in [9.17, 15) is 24.3 Å². The van der Waals surface area contributed by atoms with Crippen molar-refractivity contribution >= 4 is 45.8 Å². The molecule has 2 fully saturated rings. The topological polar surface area (TPSA) is 204 Å². The summed E-state index contributed by atoms with van der Waals surface area (Å²) in [6, 6.07) is 21.0. The van der Waals surface area contributed by atoms with Gasteiger partial charge in [0.15, 0.2) is 0 Å². The minimum atomic E-state index is -1.23. The zero-order chi connectivity index (χ0) is 44.8. The van der Waals surface area contributed by atoms with E-state index in [0.29, 0.717) is 49.8 Å². The molecule has 0 spiro atoms. The lowest BCUT2D eigenvalue weighted by Gasteiger charge is -2.32. The van der Waals surface area contributed by atoms with Gasteiger partial charge in [0.2, 0.25) is 5.91 Å². The van der Waals surface area contributed by atoms with E-state index < -0.39 is 24.3 Å². The highest BCUT2D eigenvalue weighted by Gasteiger charge is 2.43. The maximum atomic E-state index is 14.3. The van der Waals surface area contributed by atoms with E-state index >= 15 is 0 Å².